The van der Waals surface area contributed by atoms with Gasteiger partial charge in [-0.25, -0.2) is 18.2 Å². The normalized spacial score (nSPS) is 11.1. The molecule has 1 aromatic heterocycles. The van der Waals surface area contributed by atoms with Crippen molar-refractivity contribution in [3.63, 3.8) is 0 Å². The van der Waals surface area contributed by atoms with E-state index in [1.165, 1.54) is 30.3 Å². The number of rotatable bonds is 4. The SMILES string of the molecule is O=C(O)c1ccc(NS(=O)(=O)c2cccc(Cl)c2Cl)cn1. The highest BCUT2D eigenvalue weighted by Gasteiger charge is 2.19. The van der Waals surface area contributed by atoms with E-state index >= 15 is 0 Å². The number of aromatic carboxylic acids is 1. The van der Waals surface area contributed by atoms with Crippen molar-refractivity contribution in [3.8, 4) is 0 Å². The van der Waals surface area contributed by atoms with Gasteiger partial charge in [-0.05, 0) is 24.3 Å². The number of aromatic nitrogens is 1. The third-order valence-corrected chi connectivity index (χ3v) is 4.80. The number of anilines is 1. The predicted molar refractivity (Wildman–Crippen MR) is 78.5 cm³/mol. The van der Waals surface area contributed by atoms with Crippen molar-refractivity contribution in [1.82, 2.24) is 4.98 Å². The molecular formula is C12H8Cl2N2O4S. The summed E-state index contributed by atoms with van der Waals surface area (Å²) in [5.41, 5.74) is -0.0882. The molecule has 0 unspecified atom stereocenters. The minimum absolute atomic E-state index is 0.0956. The second-order valence-corrected chi connectivity index (χ2v) is 6.33. The summed E-state index contributed by atoms with van der Waals surface area (Å²) in [6, 6.07) is 6.68. The molecular weight excluding hydrogens is 339 g/mol. The average Bonchev–Trinajstić information content (AvgIpc) is 2.41. The number of sulfonamides is 1. The number of carbonyl (C=O) groups is 1. The number of halogens is 2. The summed E-state index contributed by atoms with van der Waals surface area (Å²) >= 11 is 11.6. The Balaban J connectivity index is 2.33. The smallest absolute Gasteiger partial charge is 0.354 e. The first-order valence-electron chi connectivity index (χ1n) is 5.47. The number of hydrogen-bond donors (Lipinski definition) is 2. The highest BCUT2D eigenvalue weighted by atomic mass is 35.5. The Morgan fingerprint density at radius 1 is 1.19 bits per heavy atom. The predicted octanol–water partition coefficient (Wildman–Crippen LogP) is 2.89. The lowest BCUT2D eigenvalue weighted by molar-refractivity contribution is 0.0690. The van der Waals surface area contributed by atoms with Gasteiger partial charge < -0.3 is 5.11 Å². The van der Waals surface area contributed by atoms with Gasteiger partial charge in [0.1, 0.15) is 10.6 Å². The molecule has 2 aromatic rings. The first-order valence-corrected chi connectivity index (χ1v) is 7.71. The highest BCUT2D eigenvalue weighted by molar-refractivity contribution is 7.92. The molecule has 9 heteroatoms. The molecule has 1 aromatic carbocycles. The second kappa shape index (κ2) is 5.88. The molecule has 0 aliphatic heterocycles. The number of benzene rings is 1. The van der Waals surface area contributed by atoms with E-state index in [9.17, 15) is 13.2 Å². The molecule has 0 aliphatic carbocycles. The van der Waals surface area contributed by atoms with Gasteiger partial charge in [0.2, 0.25) is 0 Å². The second-order valence-electron chi connectivity index (χ2n) is 3.89. The third-order valence-electron chi connectivity index (χ3n) is 2.44. The lowest BCUT2D eigenvalue weighted by Crippen LogP contribution is -2.14. The zero-order valence-corrected chi connectivity index (χ0v) is 12.6. The molecule has 0 saturated heterocycles. The van der Waals surface area contributed by atoms with E-state index in [4.69, 9.17) is 28.3 Å². The molecule has 0 amide bonds. The first-order chi connectivity index (χ1) is 9.81. The highest BCUT2D eigenvalue weighted by Crippen LogP contribution is 2.29. The van der Waals surface area contributed by atoms with Crippen molar-refractivity contribution in [3.05, 3.63) is 52.3 Å². The standard InChI is InChI=1S/C12H8Cl2N2O4S/c13-8-2-1-3-10(11(8)14)21(19,20)16-7-4-5-9(12(17)18)15-6-7/h1-6,16H,(H,17,18). The fourth-order valence-corrected chi connectivity index (χ4v) is 3.29. The molecule has 0 saturated carbocycles. The first kappa shape index (κ1) is 15.6. The minimum atomic E-state index is -3.95. The van der Waals surface area contributed by atoms with Crippen LogP contribution in [0.15, 0.2) is 41.4 Å². The van der Waals surface area contributed by atoms with E-state index in [1.807, 2.05) is 0 Å². The molecule has 2 rings (SSSR count). The fraction of sp³-hybridized carbons (Fsp3) is 0. The maximum absolute atomic E-state index is 12.2. The Morgan fingerprint density at radius 3 is 2.48 bits per heavy atom. The third kappa shape index (κ3) is 3.44. The van der Waals surface area contributed by atoms with Gasteiger partial charge in [-0.2, -0.15) is 0 Å². The van der Waals surface area contributed by atoms with Gasteiger partial charge in [0.05, 0.1) is 21.9 Å². The van der Waals surface area contributed by atoms with E-state index in [1.54, 1.807) is 0 Å². The number of carboxylic acids is 1. The number of pyridine rings is 1. The summed E-state index contributed by atoms with van der Waals surface area (Å²) < 4.78 is 26.6. The van der Waals surface area contributed by atoms with Crippen LogP contribution in [0.3, 0.4) is 0 Å². The van der Waals surface area contributed by atoms with E-state index in [2.05, 4.69) is 9.71 Å². The Kier molecular flexibility index (Phi) is 4.36. The summed E-state index contributed by atoms with van der Waals surface area (Å²) in [6.45, 7) is 0. The van der Waals surface area contributed by atoms with Crippen molar-refractivity contribution in [2.75, 3.05) is 4.72 Å². The molecule has 0 fully saturated rings. The van der Waals surface area contributed by atoms with Crippen LogP contribution in [0.1, 0.15) is 10.5 Å². The molecule has 0 spiro atoms. The molecule has 1 heterocycles. The Hall–Kier alpha value is -1.83. The Morgan fingerprint density at radius 2 is 1.90 bits per heavy atom. The lowest BCUT2D eigenvalue weighted by Gasteiger charge is -2.10. The van der Waals surface area contributed by atoms with Crippen LogP contribution in [0.2, 0.25) is 10.0 Å². The van der Waals surface area contributed by atoms with Crippen LogP contribution in [-0.4, -0.2) is 24.5 Å². The number of nitrogens with one attached hydrogen (secondary N) is 1. The maximum Gasteiger partial charge on any atom is 0.354 e. The molecule has 0 bridgehead atoms. The van der Waals surface area contributed by atoms with Crippen molar-refractivity contribution in [2.45, 2.75) is 4.90 Å². The van der Waals surface area contributed by atoms with Crippen LogP contribution < -0.4 is 4.72 Å². The largest absolute Gasteiger partial charge is 0.477 e. The molecule has 21 heavy (non-hydrogen) atoms. The summed E-state index contributed by atoms with van der Waals surface area (Å²) in [6.07, 6.45) is 1.10. The number of carboxylic acid groups (broad SMARTS) is 1. The maximum atomic E-state index is 12.2. The number of hydrogen-bond acceptors (Lipinski definition) is 4. The van der Waals surface area contributed by atoms with Crippen LogP contribution >= 0.6 is 23.2 Å². The monoisotopic (exact) mass is 346 g/mol. The Bertz CT molecular complexity index is 791. The summed E-state index contributed by atoms with van der Waals surface area (Å²) in [4.78, 5) is 14.1. The number of nitrogens with zero attached hydrogens (tertiary/aromatic N) is 1. The van der Waals surface area contributed by atoms with Gasteiger partial charge in [0.25, 0.3) is 10.0 Å². The van der Waals surface area contributed by atoms with Crippen LogP contribution in [0.4, 0.5) is 5.69 Å². The van der Waals surface area contributed by atoms with Gasteiger partial charge in [0.15, 0.2) is 0 Å². The van der Waals surface area contributed by atoms with E-state index in [0.717, 1.165) is 6.20 Å². The zero-order valence-electron chi connectivity index (χ0n) is 10.2. The van der Waals surface area contributed by atoms with Gasteiger partial charge in [-0.1, -0.05) is 29.3 Å². The van der Waals surface area contributed by atoms with Crippen LogP contribution in [-0.2, 0) is 10.0 Å². The van der Waals surface area contributed by atoms with Gasteiger partial charge in [0, 0.05) is 0 Å². The Labute approximate surface area is 130 Å². The topological polar surface area (TPSA) is 96.4 Å². The lowest BCUT2D eigenvalue weighted by atomic mass is 10.3. The summed E-state index contributed by atoms with van der Waals surface area (Å²) in [7, 11) is -3.95. The van der Waals surface area contributed by atoms with Gasteiger partial charge in [-0.15, -0.1) is 0 Å². The molecule has 0 radical (unpaired) electrons. The van der Waals surface area contributed by atoms with E-state index in [-0.39, 0.29) is 26.3 Å². The zero-order chi connectivity index (χ0) is 15.6. The molecule has 110 valence electrons. The van der Waals surface area contributed by atoms with Crippen LogP contribution in [0.25, 0.3) is 0 Å². The van der Waals surface area contributed by atoms with Crippen LogP contribution in [0, 0.1) is 0 Å². The molecule has 0 atom stereocenters. The van der Waals surface area contributed by atoms with E-state index < -0.39 is 16.0 Å². The average molecular weight is 347 g/mol. The molecule has 6 nitrogen and oxygen atoms in total. The van der Waals surface area contributed by atoms with Crippen molar-refractivity contribution in [2.24, 2.45) is 0 Å². The van der Waals surface area contributed by atoms with Crippen LogP contribution in [0.5, 0.6) is 0 Å². The van der Waals surface area contributed by atoms with E-state index in [0.29, 0.717) is 0 Å². The van der Waals surface area contributed by atoms with Crippen molar-refractivity contribution >= 4 is 44.9 Å². The fourth-order valence-electron chi connectivity index (χ4n) is 1.48. The van der Waals surface area contributed by atoms with Gasteiger partial charge in [-0.3, -0.25) is 4.72 Å². The van der Waals surface area contributed by atoms with Crippen molar-refractivity contribution in [1.29, 1.82) is 0 Å². The quantitative estimate of drug-likeness (QED) is 0.887. The van der Waals surface area contributed by atoms with Gasteiger partial charge >= 0.3 is 5.97 Å². The van der Waals surface area contributed by atoms with Crippen molar-refractivity contribution < 1.29 is 18.3 Å². The summed E-state index contributed by atoms with van der Waals surface area (Å²) in [5, 5.41) is 8.73. The molecule has 0 aliphatic rings. The minimum Gasteiger partial charge on any atom is -0.477 e. The molecule has 2 N–H and O–H groups in total. The summed E-state index contributed by atoms with van der Waals surface area (Å²) in [5.74, 6) is -1.21.